The van der Waals surface area contributed by atoms with Crippen molar-refractivity contribution in [2.24, 2.45) is 0 Å². The van der Waals surface area contributed by atoms with E-state index in [9.17, 15) is 9.59 Å². The van der Waals surface area contributed by atoms with E-state index in [1.165, 1.54) is 6.07 Å². The molecule has 0 spiro atoms. The monoisotopic (exact) mass is 200 g/mol. The van der Waals surface area contributed by atoms with Gasteiger partial charge >= 0.3 is 0 Å². The van der Waals surface area contributed by atoms with Crippen LogP contribution in [0.2, 0.25) is 5.28 Å². The third kappa shape index (κ3) is 2.68. The molecule has 68 valence electrons. The first-order valence-corrected chi connectivity index (χ1v) is 3.59. The minimum absolute atomic E-state index is 0.0591. The van der Waals surface area contributed by atoms with Crippen LogP contribution in [0.25, 0.3) is 0 Å². The summed E-state index contributed by atoms with van der Waals surface area (Å²) in [6.07, 6.45) is 0.896. The number of anilines is 2. The lowest BCUT2D eigenvalue weighted by Crippen LogP contribution is -2.02. The molecular weight excluding hydrogens is 196 g/mol. The first kappa shape index (κ1) is 9.40. The van der Waals surface area contributed by atoms with E-state index in [2.05, 4.69) is 20.6 Å². The van der Waals surface area contributed by atoms with E-state index < -0.39 is 0 Å². The van der Waals surface area contributed by atoms with Crippen molar-refractivity contribution in [3.63, 3.8) is 0 Å². The summed E-state index contributed by atoms with van der Waals surface area (Å²) in [6, 6.07) is 1.37. The van der Waals surface area contributed by atoms with Crippen molar-refractivity contribution in [3.05, 3.63) is 11.3 Å². The molecule has 13 heavy (non-hydrogen) atoms. The van der Waals surface area contributed by atoms with Gasteiger partial charge in [-0.2, -0.15) is 0 Å². The van der Waals surface area contributed by atoms with Crippen molar-refractivity contribution < 1.29 is 9.59 Å². The summed E-state index contributed by atoms with van der Waals surface area (Å²) in [6.45, 7) is 0. The van der Waals surface area contributed by atoms with Crippen LogP contribution in [0, 0.1) is 0 Å². The van der Waals surface area contributed by atoms with Crippen LogP contribution in [-0.2, 0) is 9.59 Å². The van der Waals surface area contributed by atoms with Crippen LogP contribution < -0.4 is 10.6 Å². The van der Waals surface area contributed by atoms with Gasteiger partial charge < -0.3 is 10.6 Å². The maximum Gasteiger partial charge on any atom is 0.226 e. The Bertz CT molecular complexity index is 302. The molecule has 0 saturated heterocycles. The van der Waals surface area contributed by atoms with E-state index in [1.807, 2.05) is 0 Å². The molecule has 2 N–H and O–H groups in total. The Morgan fingerprint density at radius 1 is 1.15 bits per heavy atom. The number of rotatable bonds is 4. The molecule has 0 aliphatic rings. The predicted octanol–water partition coefficient (Wildman–Crippen LogP) is 0.267. The Hall–Kier alpha value is -1.69. The zero-order valence-corrected chi connectivity index (χ0v) is 7.08. The maximum atomic E-state index is 10.1. The SMILES string of the molecule is O=CNc1cc(NC=O)nc(Cl)n1. The van der Waals surface area contributed by atoms with Crippen molar-refractivity contribution in [3.8, 4) is 0 Å². The fourth-order valence-electron chi connectivity index (χ4n) is 0.686. The summed E-state index contributed by atoms with van der Waals surface area (Å²) < 4.78 is 0. The van der Waals surface area contributed by atoms with Crippen molar-refractivity contribution >= 4 is 36.1 Å². The summed E-state index contributed by atoms with van der Waals surface area (Å²) in [7, 11) is 0. The number of hydrogen-bond donors (Lipinski definition) is 2. The number of carbonyl (C=O) groups excluding carboxylic acids is 2. The van der Waals surface area contributed by atoms with E-state index in [-0.39, 0.29) is 16.9 Å². The van der Waals surface area contributed by atoms with Gasteiger partial charge in [0.1, 0.15) is 11.6 Å². The fourth-order valence-corrected chi connectivity index (χ4v) is 0.869. The van der Waals surface area contributed by atoms with Crippen molar-refractivity contribution in [2.75, 3.05) is 10.6 Å². The van der Waals surface area contributed by atoms with Gasteiger partial charge in [0.15, 0.2) is 0 Å². The van der Waals surface area contributed by atoms with Crippen molar-refractivity contribution in [1.82, 2.24) is 9.97 Å². The molecule has 1 heterocycles. The first-order valence-electron chi connectivity index (χ1n) is 3.21. The van der Waals surface area contributed by atoms with Gasteiger partial charge in [0.2, 0.25) is 18.1 Å². The second kappa shape index (κ2) is 4.36. The number of nitrogens with zero attached hydrogens (tertiary/aromatic N) is 2. The lowest BCUT2D eigenvalue weighted by molar-refractivity contribution is -0.106. The normalized spacial score (nSPS) is 9.00. The zero-order valence-electron chi connectivity index (χ0n) is 6.32. The Labute approximate surface area is 78.3 Å². The molecule has 1 aromatic heterocycles. The van der Waals surface area contributed by atoms with Crippen LogP contribution in [0.1, 0.15) is 0 Å². The summed E-state index contributed by atoms with van der Waals surface area (Å²) in [5.41, 5.74) is 0. The van der Waals surface area contributed by atoms with Gasteiger partial charge in [-0.1, -0.05) is 0 Å². The Morgan fingerprint density at radius 2 is 1.62 bits per heavy atom. The molecule has 7 heteroatoms. The number of halogens is 1. The Balaban J connectivity index is 2.95. The lowest BCUT2D eigenvalue weighted by atomic mass is 10.5. The highest BCUT2D eigenvalue weighted by Gasteiger charge is 2.00. The van der Waals surface area contributed by atoms with Crippen LogP contribution >= 0.6 is 11.6 Å². The molecular formula is C6H5ClN4O2. The second-order valence-electron chi connectivity index (χ2n) is 1.93. The van der Waals surface area contributed by atoms with Crippen LogP contribution in [-0.4, -0.2) is 22.8 Å². The number of hydrogen-bond acceptors (Lipinski definition) is 4. The summed E-state index contributed by atoms with van der Waals surface area (Å²) in [5.74, 6) is 0.443. The molecule has 0 aliphatic carbocycles. The number of aromatic nitrogens is 2. The van der Waals surface area contributed by atoms with E-state index in [0.29, 0.717) is 12.8 Å². The van der Waals surface area contributed by atoms with E-state index >= 15 is 0 Å². The lowest BCUT2D eigenvalue weighted by Gasteiger charge is -2.01. The molecule has 2 amide bonds. The third-order valence-corrected chi connectivity index (χ3v) is 1.28. The smallest absolute Gasteiger partial charge is 0.226 e. The molecule has 0 aromatic carbocycles. The minimum Gasteiger partial charge on any atom is -0.313 e. The molecule has 0 atom stereocenters. The Morgan fingerprint density at radius 3 is 2.00 bits per heavy atom. The first-order chi connectivity index (χ1) is 6.26. The molecule has 0 unspecified atom stereocenters. The molecule has 1 aromatic rings. The largest absolute Gasteiger partial charge is 0.313 e. The summed E-state index contributed by atoms with van der Waals surface area (Å²) in [4.78, 5) is 27.4. The highest BCUT2D eigenvalue weighted by molar-refractivity contribution is 6.28. The molecule has 0 fully saturated rings. The van der Waals surface area contributed by atoms with Gasteiger partial charge in [-0.3, -0.25) is 9.59 Å². The average Bonchev–Trinajstić information content (AvgIpc) is 2.04. The maximum absolute atomic E-state index is 10.1. The van der Waals surface area contributed by atoms with Gasteiger partial charge in [0, 0.05) is 6.07 Å². The van der Waals surface area contributed by atoms with Crippen LogP contribution in [0.3, 0.4) is 0 Å². The fraction of sp³-hybridized carbons (Fsp3) is 0. The quantitative estimate of drug-likeness (QED) is 0.540. The second-order valence-corrected chi connectivity index (χ2v) is 2.27. The predicted molar refractivity (Wildman–Crippen MR) is 46.4 cm³/mol. The topological polar surface area (TPSA) is 84.0 Å². The van der Waals surface area contributed by atoms with Crippen molar-refractivity contribution in [2.45, 2.75) is 0 Å². The van der Waals surface area contributed by atoms with E-state index in [4.69, 9.17) is 11.6 Å². The molecule has 6 nitrogen and oxygen atoms in total. The van der Waals surface area contributed by atoms with Gasteiger partial charge in [0.05, 0.1) is 0 Å². The average molecular weight is 201 g/mol. The van der Waals surface area contributed by atoms with E-state index in [0.717, 1.165) is 0 Å². The molecule has 1 rings (SSSR count). The van der Waals surface area contributed by atoms with Crippen LogP contribution in [0.5, 0.6) is 0 Å². The van der Waals surface area contributed by atoms with Crippen molar-refractivity contribution in [1.29, 1.82) is 0 Å². The van der Waals surface area contributed by atoms with Gasteiger partial charge in [0.25, 0.3) is 0 Å². The van der Waals surface area contributed by atoms with Gasteiger partial charge in [-0.05, 0) is 11.6 Å². The number of nitrogens with one attached hydrogen (secondary N) is 2. The van der Waals surface area contributed by atoms with Crippen LogP contribution in [0.4, 0.5) is 11.6 Å². The minimum atomic E-state index is -0.0591. The van der Waals surface area contributed by atoms with Gasteiger partial charge in [-0.15, -0.1) is 0 Å². The highest BCUT2D eigenvalue weighted by atomic mass is 35.5. The molecule has 0 bridgehead atoms. The Kier molecular flexibility index (Phi) is 3.15. The molecule has 0 aliphatic heterocycles. The number of amides is 2. The highest BCUT2D eigenvalue weighted by Crippen LogP contribution is 2.12. The molecule has 0 saturated carbocycles. The summed E-state index contributed by atoms with van der Waals surface area (Å²) in [5, 5.41) is 4.49. The van der Waals surface area contributed by atoms with Gasteiger partial charge in [-0.25, -0.2) is 9.97 Å². The zero-order chi connectivity index (χ0) is 9.68. The van der Waals surface area contributed by atoms with E-state index in [1.54, 1.807) is 0 Å². The molecule has 0 radical (unpaired) electrons. The standard InChI is InChI=1S/C6H5ClN4O2/c7-6-10-4(8-2-12)1-5(11-6)9-3-13/h1-3H,(H2,8,9,10,11,12,13). The third-order valence-electron chi connectivity index (χ3n) is 1.11. The summed E-state index contributed by atoms with van der Waals surface area (Å²) >= 11 is 5.49. The number of carbonyl (C=O) groups is 2. The van der Waals surface area contributed by atoms with Crippen LogP contribution in [0.15, 0.2) is 6.07 Å².